The molecule has 0 aromatic heterocycles. The molecular weight excluding hydrogens is 751 g/mol. The second-order valence-corrected chi connectivity index (χ2v) is 16.1. The second-order valence-electron chi connectivity index (χ2n) is 16.1. The van der Waals surface area contributed by atoms with Gasteiger partial charge < -0.3 is 42.4 Å². The van der Waals surface area contributed by atoms with Gasteiger partial charge in [-0.3, -0.25) is 28.8 Å². The highest BCUT2D eigenvalue weighted by Gasteiger charge is 2.28. The van der Waals surface area contributed by atoms with Gasteiger partial charge in [-0.2, -0.15) is 0 Å². The number of amides is 5. The van der Waals surface area contributed by atoms with Crippen molar-refractivity contribution in [2.45, 2.75) is 180 Å². The zero-order valence-electron chi connectivity index (χ0n) is 41.1. The first-order chi connectivity index (χ1) is 27.2. The minimum atomic E-state index is -1.20. The molecule has 0 radical (unpaired) electrons. The fraction of sp³-hybridized carbons (Fsp3) is 0.778. The number of rotatable bonds is 21. The fourth-order valence-electron chi connectivity index (χ4n) is 4.14. The maximum Gasteiger partial charge on any atom is 0.326 e. The summed E-state index contributed by atoms with van der Waals surface area (Å²) >= 11 is 0. The predicted molar refractivity (Wildman–Crippen MR) is 247 cm³/mol. The van der Waals surface area contributed by atoms with Gasteiger partial charge in [0.1, 0.15) is 18.7 Å². The van der Waals surface area contributed by atoms with Gasteiger partial charge in [-0.15, -0.1) is 0 Å². The Balaban J connectivity index is -0.000000204. The third-order valence-corrected chi connectivity index (χ3v) is 7.04. The highest BCUT2D eigenvalue weighted by molar-refractivity contribution is 5.94. The zero-order valence-corrected chi connectivity index (χ0v) is 41.1. The van der Waals surface area contributed by atoms with Crippen LogP contribution in [0.25, 0.3) is 0 Å². The van der Waals surface area contributed by atoms with Crippen molar-refractivity contribution in [1.82, 2.24) is 26.2 Å². The standard InChI is InChI=1S/C21H34N4O6.C10H22N2O.C7H17N.C3H8.2C2H6/c1-7-8-25(12-19(28)23-11-20(29)31-15(6)14(4)5)21(30)16(10-17(22)26)24-18(27)9-13(2)3;1-8(2)7-9(13)12-10(3,4)5-6-11;1-7(2,3)5-6-8-4;1-3-2;2*1-2/h15-16H,2,4,7-12H2,1,3,5-6H3,(H2,22,26)(H,23,28)(H,24,27);8H,5-7,11H2,1-4H3,(H,12,13);8H,5-6H2,1-4H3;3H2,1-2H3;2*1-2H3. The Bertz CT molecular complexity index is 1170. The molecule has 0 spiro atoms. The smallest absolute Gasteiger partial charge is 0.326 e. The van der Waals surface area contributed by atoms with E-state index in [1.54, 1.807) is 27.7 Å². The third-order valence-electron chi connectivity index (χ3n) is 7.04. The lowest BCUT2D eigenvalue weighted by atomic mass is 9.92. The van der Waals surface area contributed by atoms with Crippen LogP contribution in [0, 0.1) is 11.3 Å². The molecule has 0 aliphatic rings. The number of nitrogens with zero attached hydrogens (tertiary/aromatic N) is 1. The highest BCUT2D eigenvalue weighted by atomic mass is 16.5. The number of carbonyl (C=O) groups is 6. The summed E-state index contributed by atoms with van der Waals surface area (Å²) in [5.41, 5.74) is 12.2. The van der Waals surface area contributed by atoms with Gasteiger partial charge in [0.05, 0.1) is 13.0 Å². The van der Waals surface area contributed by atoms with E-state index in [0.29, 0.717) is 41.9 Å². The Hall–Kier alpha value is -3.78. The summed E-state index contributed by atoms with van der Waals surface area (Å²) in [6, 6.07) is -1.20. The molecule has 0 fully saturated rings. The molecule has 0 saturated carbocycles. The quantitative estimate of drug-likeness (QED) is 0.0544. The van der Waals surface area contributed by atoms with Gasteiger partial charge in [-0.1, -0.05) is 108 Å². The summed E-state index contributed by atoms with van der Waals surface area (Å²) < 4.78 is 5.08. The number of hydrogen-bond acceptors (Lipinski definition) is 9. The fourth-order valence-corrected chi connectivity index (χ4v) is 4.14. The second kappa shape index (κ2) is 41.0. The molecule has 5 amide bonds. The molecule has 0 rings (SSSR count). The van der Waals surface area contributed by atoms with Crippen LogP contribution in [0.2, 0.25) is 0 Å². The summed E-state index contributed by atoms with van der Waals surface area (Å²) in [7, 11) is 1.99. The summed E-state index contributed by atoms with van der Waals surface area (Å²) in [6.45, 7) is 42.4. The molecule has 14 heteroatoms. The lowest BCUT2D eigenvalue weighted by Gasteiger charge is -2.27. The highest BCUT2D eigenvalue weighted by Crippen LogP contribution is 2.16. The number of ether oxygens (including phenoxy) is 1. The summed E-state index contributed by atoms with van der Waals surface area (Å²) in [5, 5.41) is 11.0. The largest absolute Gasteiger partial charge is 0.457 e. The molecule has 0 heterocycles. The normalized spacial score (nSPS) is 11.1. The maximum atomic E-state index is 12.9. The topological polar surface area (TPSA) is 215 Å². The molecule has 0 aromatic rings. The zero-order chi connectivity index (χ0) is 47.9. The van der Waals surface area contributed by atoms with Crippen molar-refractivity contribution in [2.24, 2.45) is 22.8 Å². The van der Waals surface area contributed by atoms with Gasteiger partial charge in [0.15, 0.2) is 0 Å². The van der Waals surface area contributed by atoms with Gasteiger partial charge in [0.25, 0.3) is 0 Å². The maximum absolute atomic E-state index is 12.9. The van der Waals surface area contributed by atoms with Gasteiger partial charge in [0, 0.05) is 24.9 Å². The van der Waals surface area contributed by atoms with Crippen LogP contribution in [-0.4, -0.2) is 97.9 Å². The molecule has 0 aliphatic heterocycles. The van der Waals surface area contributed by atoms with Crippen molar-refractivity contribution in [3.05, 3.63) is 24.3 Å². The van der Waals surface area contributed by atoms with E-state index in [1.165, 1.54) is 17.7 Å². The molecule has 0 aliphatic carbocycles. The SMILES string of the molecule is C=C(C)CC(=O)NC(CC(N)=O)C(=O)N(CCC)CC(=O)NCC(=O)OC(C)C(=C)C.CC.CC.CC(C)CC(=O)NC(C)(C)CCN.CCC.CNCCC(C)(C)C. The van der Waals surface area contributed by atoms with Crippen molar-refractivity contribution in [1.29, 1.82) is 0 Å². The van der Waals surface area contributed by atoms with Crippen LogP contribution < -0.4 is 32.7 Å². The van der Waals surface area contributed by atoms with Crippen LogP contribution in [0.5, 0.6) is 0 Å². The van der Waals surface area contributed by atoms with E-state index in [9.17, 15) is 28.8 Å². The molecule has 14 nitrogen and oxygen atoms in total. The molecule has 0 bridgehead atoms. The van der Waals surface area contributed by atoms with Crippen LogP contribution in [0.15, 0.2) is 24.3 Å². The lowest BCUT2D eigenvalue weighted by molar-refractivity contribution is -0.147. The van der Waals surface area contributed by atoms with Gasteiger partial charge in [-0.25, -0.2) is 0 Å². The molecule has 0 saturated heterocycles. The average Bonchev–Trinajstić information content (AvgIpc) is 3.10. The van der Waals surface area contributed by atoms with Crippen LogP contribution in [-0.2, 0) is 33.5 Å². The first-order valence-electron chi connectivity index (χ1n) is 21.5. The van der Waals surface area contributed by atoms with Gasteiger partial charge >= 0.3 is 5.97 Å². The van der Waals surface area contributed by atoms with Crippen molar-refractivity contribution in [2.75, 3.05) is 39.8 Å². The van der Waals surface area contributed by atoms with Crippen molar-refractivity contribution in [3.63, 3.8) is 0 Å². The van der Waals surface area contributed by atoms with Crippen LogP contribution in [0.3, 0.4) is 0 Å². The van der Waals surface area contributed by atoms with E-state index in [4.69, 9.17) is 16.2 Å². The number of nitrogens with one attached hydrogen (secondary N) is 4. The number of nitrogens with two attached hydrogens (primary N) is 2. The number of hydrogen-bond donors (Lipinski definition) is 6. The average molecular weight is 844 g/mol. The molecule has 350 valence electrons. The van der Waals surface area contributed by atoms with Crippen LogP contribution in [0.1, 0.15) is 163 Å². The molecule has 0 aromatic carbocycles. The predicted octanol–water partition coefficient (Wildman–Crippen LogP) is 6.56. The van der Waals surface area contributed by atoms with E-state index in [0.717, 1.165) is 13.0 Å². The summed E-state index contributed by atoms with van der Waals surface area (Å²) in [6.07, 6.45) is 3.53. The molecule has 2 unspecified atom stereocenters. The minimum absolute atomic E-state index is 0.0124. The molecule has 2 atom stereocenters. The van der Waals surface area contributed by atoms with Crippen molar-refractivity contribution < 1.29 is 33.5 Å². The van der Waals surface area contributed by atoms with Gasteiger partial charge in [0.2, 0.25) is 29.5 Å². The lowest BCUT2D eigenvalue weighted by Crippen LogP contribution is -2.52. The molecule has 59 heavy (non-hydrogen) atoms. The molecule has 8 N–H and O–H groups in total. The Morgan fingerprint density at radius 2 is 1.32 bits per heavy atom. The van der Waals surface area contributed by atoms with Crippen LogP contribution >= 0.6 is 0 Å². The third kappa shape index (κ3) is 50.3. The summed E-state index contributed by atoms with van der Waals surface area (Å²) in [4.78, 5) is 72.9. The van der Waals surface area contributed by atoms with E-state index < -0.39 is 48.2 Å². The molecular formula is C45H93N7O7. The van der Waals surface area contributed by atoms with E-state index in [-0.39, 0.29) is 37.5 Å². The minimum Gasteiger partial charge on any atom is -0.457 e. The first kappa shape index (κ1) is 67.0. The number of primary amides is 1. The Kier molecular flexibility index (Phi) is 46.5. The van der Waals surface area contributed by atoms with E-state index in [1.807, 2.05) is 62.4 Å². The van der Waals surface area contributed by atoms with Crippen molar-refractivity contribution in [3.8, 4) is 0 Å². The first-order valence-corrected chi connectivity index (χ1v) is 21.5. The van der Waals surface area contributed by atoms with Crippen LogP contribution in [0.4, 0.5) is 0 Å². The number of carbonyl (C=O) groups excluding carboxylic acids is 6. The Labute approximate surface area is 361 Å². The van der Waals surface area contributed by atoms with E-state index in [2.05, 4.69) is 69.0 Å². The summed E-state index contributed by atoms with van der Waals surface area (Å²) in [5.74, 6) is -2.58. The monoisotopic (exact) mass is 844 g/mol. The number of esters is 1. The van der Waals surface area contributed by atoms with Gasteiger partial charge in [-0.05, 0) is 90.9 Å². The Morgan fingerprint density at radius 3 is 1.68 bits per heavy atom. The van der Waals surface area contributed by atoms with Crippen molar-refractivity contribution >= 4 is 35.5 Å². The van der Waals surface area contributed by atoms with E-state index >= 15 is 0 Å². The Morgan fingerprint density at radius 1 is 0.814 bits per heavy atom.